The number of ketones is 1. The molecule has 4 unspecified atom stereocenters. The van der Waals surface area contributed by atoms with E-state index < -0.39 is 6.04 Å². The van der Waals surface area contributed by atoms with Crippen molar-refractivity contribution < 1.29 is 9.72 Å². The fourth-order valence-corrected chi connectivity index (χ4v) is 3.50. The second kappa shape index (κ2) is 3.65. The van der Waals surface area contributed by atoms with Crippen LogP contribution < -0.4 is 0 Å². The minimum Gasteiger partial charge on any atom is -0.299 e. The first-order valence-electron chi connectivity index (χ1n) is 5.89. The van der Waals surface area contributed by atoms with E-state index in [1.165, 1.54) is 0 Å². The van der Waals surface area contributed by atoms with Crippen molar-refractivity contribution in [3.63, 3.8) is 0 Å². The normalized spacial score (nSPS) is 35.2. The Morgan fingerprint density at radius 1 is 1.24 bits per heavy atom. The van der Waals surface area contributed by atoms with Crippen LogP contribution in [0.3, 0.4) is 0 Å². The van der Waals surface area contributed by atoms with Gasteiger partial charge in [-0.1, -0.05) is 30.3 Å². The summed E-state index contributed by atoms with van der Waals surface area (Å²) >= 11 is 0. The zero-order valence-electron chi connectivity index (χ0n) is 9.28. The summed E-state index contributed by atoms with van der Waals surface area (Å²) < 4.78 is 0. The maximum Gasteiger partial charge on any atom is 0.223 e. The van der Waals surface area contributed by atoms with E-state index in [1.54, 1.807) is 0 Å². The third-order valence-corrected chi connectivity index (χ3v) is 4.15. The van der Waals surface area contributed by atoms with Gasteiger partial charge in [0.1, 0.15) is 5.78 Å². The van der Waals surface area contributed by atoms with Crippen LogP contribution in [0.4, 0.5) is 0 Å². The van der Waals surface area contributed by atoms with E-state index in [-0.39, 0.29) is 28.5 Å². The highest BCUT2D eigenvalue weighted by atomic mass is 16.6. The van der Waals surface area contributed by atoms with Crippen LogP contribution in [-0.2, 0) is 4.79 Å². The molecule has 4 nitrogen and oxygen atoms in total. The summed E-state index contributed by atoms with van der Waals surface area (Å²) in [7, 11) is 0. The lowest BCUT2D eigenvalue weighted by Gasteiger charge is -2.24. The summed E-state index contributed by atoms with van der Waals surface area (Å²) in [6.07, 6.45) is 1.10. The number of benzene rings is 1. The van der Waals surface area contributed by atoms with Gasteiger partial charge in [-0.2, -0.15) is 0 Å². The summed E-state index contributed by atoms with van der Waals surface area (Å²) in [6.45, 7) is 0. The topological polar surface area (TPSA) is 60.2 Å². The number of nitrogens with zero attached hydrogens (tertiary/aromatic N) is 1. The molecule has 4 heteroatoms. The van der Waals surface area contributed by atoms with Crippen molar-refractivity contribution in [2.24, 2.45) is 11.8 Å². The van der Waals surface area contributed by atoms with E-state index in [0.29, 0.717) is 12.8 Å². The minimum absolute atomic E-state index is 0.0484. The Labute approximate surface area is 98.8 Å². The van der Waals surface area contributed by atoms with Gasteiger partial charge in [-0.25, -0.2) is 0 Å². The lowest BCUT2D eigenvalue weighted by atomic mass is 9.79. The molecule has 2 bridgehead atoms. The summed E-state index contributed by atoms with van der Waals surface area (Å²) in [6, 6.07) is 8.87. The maximum atomic E-state index is 11.8. The van der Waals surface area contributed by atoms with Gasteiger partial charge in [-0.3, -0.25) is 14.9 Å². The first kappa shape index (κ1) is 10.4. The van der Waals surface area contributed by atoms with Crippen molar-refractivity contribution in [2.75, 3.05) is 0 Å². The molecule has 0 heterocycles. The van der Waals surface area contributed by atoms with E-state index in [0.717, 1.165) is 5.56 Å². The van der Waals surface area contributed by atoms with Crippen LogP contribution in [0.5, 0.6) is 0 Å². The molecule has 1 aromatic rings. The van der Waals surface area contributed by atoms with E-state index in [1.807, 2.05) is 30.3 Å². The van der Waals surface area contributed by atoms with Crippen LogP contribution >= 0.6 is 0 Å². The van der Waals surface area contributed by atoms with Crippen molar-refractivity contribution in [1.29, 1.82) is 0 Å². The first-order chi connectivity index (χ1) is 8.18. The zero-order valence-corrected chi connectivity index (χ0v) is 9.28. The molecule has 0 aromatic heterocycles. The molecule has 0 radical (unpaired) electrons. The SMILES string of the molecule is O=C1CC2CC1C(c1ccccc1)C2[N+](=O)[O-]. The molecule has 0 aliphatic heterocycles. The maximum absolute atomic E-state index is 11.8. The highest BCUT2D eigenvalue weighted by Gasteiger charge is 2.58. The monoisotopic (exact) mass is 231 g/mol. The summed E-state index contributed by atoms with van der Waals surface area (Å²) in [5.41, 5.74) is 0.940. The molecule has 0 saturated heterocycles. The predicted octanol–water partition coefficient (Wildman–Crippen LogP) is 2.02. The number of nitro groups is 1. The van der Waals surface area contributed by atoms with Gasteiger partial charge in [0.25, 0.3) is 0 Å². The highest BCUT2D eigenvalue weighted by molar-refractivity contribution is 5.86. The van der Waals surface area contributed by atoms with Crippen LogP contribution in [0.1, 0.15) is 24.3 Å². The first-order valence-corrected chi connectivity index (χ1v) is 5.89. The second-order valence-electron chi connectivity index (χ2n) is 4.99. The lowest BCUT2D eigenvalue weighted by Crippen LogP contribution is -2.36. The molecule has 88 valence electrons. The molecule has 2 saturated carbocycles. The van der Waals surface area contributed by atoms with Crippen molar-refractivity contribution in [2.45, 2.75) is 24.8 Å². The van der Waals surface area contributed by atoms with Crippen LogP contribution in [0, 0.1) is 22.0 Å². The molecule has 2 aliphatic carbocycles. The van der Waals surface area contributed by atoms with Crippen molar-refractivity contribution in [1.82, 2.24) is 0 Å². The highest BCUT2D eigenvalue weighted by Crippen LogP contribution is 2.52. The van der Waals surface area contributed by atoms with Crippen LogP contribution in [0.25, 0.3) is 0 Å². The van der Waals surface area contributed by atoms with Gasteiger partial charge in [-0.15, -0.1) is 0 Å². The molecular weight excluding hydrogens is 218 g/mol. The number of rotatable bonds is 2. The molecule has 4 atom stereocenters. The van der Waals surface area contributed by atoms with E-state index in [9.17, 15) is 14.9 Å². The van der Waals surface area contributed by atoms with Crippen LogP contribution in [-0.4, -0.2) is 16.7 Å². The number of carbonyl (C=O) groups is 1. The smallest absolute Gasteiger partial charge is 0.223 e. The molecule has 17 heavy (non-hydrogen) atoms. The Balaban J connectivity index is 2.01. The summed E-state index contributed by atoms with van der Waals surface area (Å²) in [4.78, 5) is 22.8. The standard InChI is InChI=1S/C13H13NO3/c15-11-7-9-6-10(11)12(13(9)14(16)17)8-4-2-1-3-5-8/h1-5,9-10,12-13H,6-7H2. The van der Waals surface area contributed by atoms with Crippen LogP contribution in [0.15, 0.2) is 30.3 Å². The molecular formula is C13H13NO3. The molecule has 2 fully saturated rings. The van der Waals surface area contributed by atoms with Crippen LogP contribution in [0.2, 0.25) is 0 Å². The predicted molar refractivity (Wildman–Crippen MR) is 61.2 cm³/mol. The summed E-state index contributed by atoms with van der Waals surface area (Å²) in [5, 5.41) is 11.2. The number of carbonyl (C=O) groups excluding carboxylic acids is 1. The van der Waals surface area contributed by atoms with Gasteiger partial charge in [-0.05, 0) is 12.0 Å². The summed E-state index contributed by atoms with van der Waals surface area (Å²) in [5.74, 6) is -0.176. The average molecular weight is 231 g/mol. The fourth-order valence-electron chi connectivity index (χ4n) is 3.50. The average Bonchev–Trinajstić information content (AvgIpc) is 2.86. The fraction of sp³-hybridized carbons (Fsp3) is 0.462. The number of hydrogen-bond acceptors (Lipinski definition) is 3. The Morgan fingerprint density at radius 2 is 1.94 bits per heavy atom. The molecule has 0 amide bonds. The number of hydrogen-bond donors (Lipinski definition) is 0. The largest absolute Gasteiger partial charge is 0.299 e. The number of fused-ring (bicyclic) bond motifs is 2. The molecule has 1 aromatic carbocycles. The van der Waals surface area contributed by atoms with Gasteiger partial charge in [0.05, 0.1) is 5.92 Å². The Bertz CT molecular complexity index is 471. The Morgan fingerprint density at radius 3 is 2.59 bits per heavy atom. The van der Waals surface area contributed by atoms with Gasteiger partial charge in [0.2, 0.25) is 6.04 Å². The Kier molecular flexibility index (Phi) is 2.24. The molecule has 2 aliphatic rings. The van der Waals surface area contributed by atoms with Gasteiger partial charge < -0.3 is 0 Å². The molecule has 0 N–H and O–H groups in total. The van der Waals surface area contributed by atoms with E-state index in [4.69, 9.17) is 0 Å². The quantitative estimate of drug-likeness (QED) is 0.578. The second-order valence-corrected chi connectivity index (χ2v) is 4.99. The number of Topliss-reactive ketones (excluding diaryl/α,β-unsaturated/α-hetero) is 1. The van der Waals surface area contributed by atoms with Crippen molar-refractivity contribution >= 4 is 5.78 Å². The van der Waals surface area contributed by atoms with Crippen molar-refractivity contribution in [3.8, 4) is 0 Å². The minimum atomic E-state index is -0.569. The molecule has 3 rings (SSSR count). The lowest BCUT2D eigenvalue weighted by molar-refractivity contribution is -0.533. The Hall–Kier alpha value is -1.71. The van der Waals surface area contributed by atoms with Crippen molar-refractivity contribution in [3.05, 3.63) is 46.0 Å². The third kappa shape index (κ3) is 1.47. The van der Waals surface area contributed by atoms with Gasteiger partial charge in [0.15, 0.2) is 0 Å². The van der Waals surface area contributed by atoms with E-state index in [2.05, 4.69) is 0 Å². The van der Waals surface area contributed by atoms with E-state index >= 15 is 0 Å². The third-order valence-electron chi connectivity index (χ3n) is 4.15. The van der Waals surface area contributed by atoms with Gasteiger partial charge >= 0.3 is 0 Å². The zero-order chi connectivity index (χ0) is 12.0. The van der Waals surface area contributed by atoms with Gasteiger partial charge in [0, 0.05) is 23.2 Å². The molecule has 0 spiro atoms.